The Hall–Kier alpha value is -3.36. The first-order chi connectivity index (χ1) is 16.2. The molecule has 34 heavy (non-hydrogen) atoms. The van der Waals surface area contributed by atoms with Gasteiger partial charge in [-0.05, 0) is 44.9 Å². The van der Waals surface area contributed by atoms with Crippen LogP contribution in [0.3, 0.4) is 0 Å². The summed E-state index contributed by atoms with van der Waals surface area (Å²) in [4.78, 5) is 51.1. The highest BCUT2D eigenvalue weighted by Crippen LogP contribution is 2.20. The quantitative estimate of drug-likeness (QED) is 0.578. The molecule has 0 radical (unpaired) electrons. The summed E-state index contributed by atoms with van der Waals surface area (Å²) >= 11 is 0. The maximum atomic E-state index is 13.5. The maximum absolute atomic E-state index is 13.5. The lowest BCUT2D eigenvalue weighted by Gasteiger charge is -2.40. The fourth-order valence-electron chi connectivity index (χ4n) is 4.16. The molecule has 0 spiro atoms. The Labute approximate surface area is 199 Å². The van der Waals surface area contributed by atoms with Crippen LogP contribution >= 0.6 is 0 Å². The molecule has 1 atom stereocenters. The van der Waals surface area contributed by atoms with Gasteiger partial charge in [0.25, 0.3) is 5.91 Å². The number of ether oxygens (including phenoxy) is 1. The molecule has 2 heterocycles. The van der Waals surface area contributed by atoms with Crippen molar-refractivity contribution >= 4 is 17.8 Å². The molecule has 1 saturated heterocycles. The number of rotatable bonds is 7. The van der Waals surface area contributed by atoms with Crippen molar-refractivity contribution in [3.63, 3.8) is 0 Å². The topological polar surface area (TPSA) is 92.7 Å². The molecule has 1 aromatic carbocycles. The Morgan fingerprint density at radius 2 is 1.82 bits per heavy atom. The molecule has 8 nitrogen and oxygen atoms in total. The Balaban J connectivity index is 1.78. The zero-order valence-corrected chi connectivity index (χ0v) is 20.1. The van der Waals surface area contributed by atoms with Crippen LogP contribution in [0.1, 0.15) is 65.1 Å². The zero-order chi connectivity index (χ0) is 24.8. The minimum Gasteiger partial charge on any atom is -0.462 e. The summed E-state index contributed by atoms with van der Waals surface area (Å²) in [6, 6.07) is 5.63. The predicted octanol–water partition coefficient (Wildman–Crippen LogP) is 2.97. The maximum Gasteiger partial charge on any atom is 0.342 e. The van der Waals surface area contributed by atoms with Crippen molar-refractivity contribution in [2.24, 2.45) is 0 Å². The standard InChI is InChI=1S/C25H31FN4O4/c1-5-7-20-22(25(33)34-6-2)23(28-17(4)27-20)24(32)29-12-13-30(16(3)15-29)21(31)14-18-8-10-19(26)11-9-18/h8-11,16H,5-7,12-15H2,1-4H3. The van der Waals surface area contributed by atoms with E-state index in [1.165, 1.54) is 12.1 Å². The Morgan fingerprint density at radius 1 is 1.12 bits per heavy atom. The molecule has 0 saturated carbocycles. The fourth-order valence-corrected chi connectivity index (χ4v) is 4.16. The molecule has 3 rings (SSSR count). The minimum absolute atomic E-state index is 0.0488. The van der Waals surface area contributed by atoms with E-state index in [2.05, 4.69) is 9.97 Å². The molecule has 1 fully saturated rings. The van der Waals surface area contributed by atoms with E-state index in [1.54, 1.807) is 35.8 Å². The Bertz CT molecular complexity index is 1060. The lowest BCUT2D eigenvalue weighted by atomic mass is 10.0. The highest BCUT2D eigenvalue weighted by atomic mass is 19.1. The van der Waals surface area contributed by atoms with Crippen molar-refractivity contribution in [3.05, 3.63) is 58.4 Å². The van der Waals surface area contributed by atoms with Gasteiger partial charge in [0.05, 0.1) is 18.7 Å². The number of amides is 2. The third-order valence-electron chi connectivity index (χ3n) is 5.77. The highest BCUT2D eigenvalue weighted by molar-refractivity contribution is 6.04. The van der Waals surface area contributed by atoms with Crippen molar-refractivity contribution in [1.29, 1.82) is 0 Å². The van der Waals surface area contributed by atoms with Gasteiger partial charge in [-0.1, -0.05) is 25.5 Å². The van der Waals surface area contributed by atoms with Crippen LogP contribution in [0.4, 0.5) is 4.39 Å². The van der Waals surface area contributed by atoms with Gasteiger partial charge >= 0.3 is 5.97 Å². The third kappa shape index (κ3) is 5.76. The molecule has 1 aliphatic rings. The molecule has 0 N–H and O–H groups in total. The van der Waals surface area contributed by atoms with E-state index >= 15 is 0 Å². The number of aromatic nitrogens is 2. The van der Waals surface area contributed by atoms with Crippen LogP contribution in [-0.4, -0.2) is 69.8 Å². The van der Waals surface area contributed by atoms with Crippen molar-refractivity contribution in [2.45, 2.75) is 53.0 Å². The van der Waals surface area contributed by atoms with Gasteiger partial charge in [-0.2, -0.15) is 0 Å². The second-order valence-electron chi connectivity index (χ2n) is 8.40. The number of hydrogen-bond donors (Lipinski definition) is 0. The molecule has 1 aliphatic heterocycles. The summed E-state index contributed by atoms with van der Waals surface area (Å²) in [6.07, 6.45) is 1.44. The predicted molar refractivity (Wildman–Crippen MR) is 124 cm³/mol. The van der Waals surface area contributed by atoms with E-state index in [0.29, 0.717) is 37.6 Å². The van der Waals surface area contributed by atoms with Crippen LogP contribution in [0.5, 0.6) is 0 Å². The Kier molecular flexibility index (Phi) is 8.31. The number of aryl methyl sites for hydroxylation is 2. The number of carbonyl (C=O) groups is 3. The Morgan fingerprint density at radius 3 is 2.44 bits per heavy atom. The number of nitrogens with zero attached hydrogens (tertiary/aromatic N) is 4. The monoisotopic (exact) mass is 470 g/mol. The third-order valence-corrected chi connectivity index (χ3v) is 5.77. The summed E-state index contributed by atoms with van der Waals surface area (Å²) in [7, 11) is 0. The number of benzene rings is 1. The average molecular weight is 471 g/mol. The van der Waals surface area contributed by atoms with Crippen LogP contribution < -0.4 is 0 Å². The fraction of sp³-hybridized carbons (Fsp3) is 0.480. The number of halogens is 1. The second-order valence-corrected chi connectivity index (χ2v) is 8.40. The lowest BCUT2D eigenvalue weighted by molar-refractivity contribution is -0.134. The second kappa shape index (κ2) is 11.2. The smallest absolute Gasteiger partial charge is 0.342 e. The number of esters is 1. The minimum atomic E-state index is -0.601. The first-order valence-corrected chi connectivity index (χ1v) is 11.6. The number of carbonyl (C=O) groups excluding carboxylic acids is 3. The summed E-state index contributed by atoms with van der Waals surface area (Å²) in [5.74, 6) is -0.984. The summed E-state index contributed by atoms with van der Waals surface area (Å²) < 4.78 is 18.3. The molecule has 182 valence electrons. The zero-order valence-electron chi connectivity index (χ0n) is 20.1. The van der Waals surface area contributed by atoms with Crippen LogP contribution in [0.15, 0.2) is 24.3 Å². The van der Waals surface area contributed by atoms with Gasteiger partial charge in [0.1, 0.15) is 22.9 Å². The van der Waals surface area contributed by atoms with Gasteiger partial charge in [-0.3, -0.25) is 9.59 Å². The first-order valence-electron chi connectivity index (χ1n) is 11.6. The molecule has 1 unspecified atom stereocenters. The lowest BCUT2D eigenvalue weighted by Crippen LogP contribution is -2.56. The summed E-state index contributed by atoms with van der Waals surface area (Å²) in [6.45, 7) is 8.40. The molecule has 0 bridgehead atoms. The van der Waals surface area contributed by atoms with E-state index in [9.17, 15) is 18.8 Å². The van der Waals surface area contributed by atoms with Gasteiger partial charge in [0, 0.05) is 25.7 Å². The van der Waals surface area contributed by atoms with Crippen molar-refractivity contribution in [3.8, 4) is 0 Å². The SMILES string of the molecule is CCCc1nc(C)nc(C(=O)N2CCN(C(=O)Cc3ccc(F)cc3)C(C)C2)c1C(=O)OCC. The van der Waals surface area contributed by atoms with E-state index in [-0.39, 0.29) is 48.0 Å². The van der Waals surface area contributed by atoms with Crippen molar-refractivity contribution in [1.82, 2.24) is 19.8 Å². The molecular weight excluding hydrogens is 439 g/mol. The highest BCUT2D eigenvalue weighted by Gasteiger charge is 2.34. The molecular formula is C25H31FN4O4. The summed E-state index contributed by atoms with van der Waals surface area (Å²) in [5.41, 5.74) is 1.42. The van der Waals surface area contributed by atoms with Crippen molar-refractivity contribution in [2.75, 3.05) is 26.2 Å². The first kappa shape index (κ1) is 25.3. The van der Waals surface area contributed by atoms with Crippen LogP contribution in [0, 0.1) is 12.7 Å². The van der Waals surface area contributed by atoms with E-state index in [1.807, 2.05) is 13.8 Å². The molecule has 9 heteroatoms. The summed E-state index contributed by atoms with van der Waals surface area (Å²) in [5, 5.41) is 0. The average Bonchev–Trinajstić information content (AvgIpc) is 2.79. The van der Waals surface area contributed by atoms with E-state index in [4.69, 9.17) is 4.74 Å². The van der Waals surface area contributed by atoms with Crippen LogP contribution in [0.25, 0.3) is 0 Å². The van der Waals surface area contributed by atoms with Crippen LogP contribution in [0.2, 0.25) is 0 Å². The molecule has 2 aromatic rings. The van der Waals surface area contributed by atoms with Gasteiger partial charge in [0.15, 0.2) is 0 Å². The van der Waals surface area contributed by atoms with E-state index in [0.717, 1.165) is 12.0 Å². The number of piperazine rings is 1. The molecule has 1 aromatic heterocycles. The van der Waals surface area contributed by atoms with E-state index < -0.39 is 5.97 Å². The van der Waals surface area contributed by atoms with Crippen molar-refractivity contribution < 1.29 is 23.5 Å². The van der Waals surface area contributed by atoms with Gasteiger partial charge in [-0.25, -0.2) is 19.2 Å². The molecule has 0 aliphatic carbocycles. The molecule has 2 amide bonds. The van der Waals surface area contributed by atoms with Gasteiger partial charge < -0.3 is 14.5 Å². The largest absolute Gasteiger partial charge is 0.462 e. The number of hydrogen-bond acceptors (Lipinski definition) is 6. The van der Waals surface area contributed by atoms with Crippen LogP contribution in [-0.2, 0) is 22.4 Å². The van der Waals surface area contributed by atoms with Gasteiger partial charge in [-0.15, -0.1) is 0 Å². The van der Waals surface area contributed by atoms with Gasteiger partial charge in [0.2, 0.25) is 5.91 Å². The normalized spacial score (nSPS) is 15.9.